The van der Waals surface area contributed by atoms with Crippen molar-refractivity contribution in [2.24, 2.45) is 5.73 Å². The molecule has 7 heteroatoms. The Labute approximate surface area is 103 Å². The zero-order chi connectivity index (χ0) is 14.1. The third-order valence-corrected chi connectivity index (χ3v) is 1.67. The molecule has 4 N–H and O–H groups in total. The van der Waals surface area contributed by atoms with E-state index in [-0.39, 0.29) is 11.1 Å². The van der Waals surface area contributed by atoms with Crippen molar-refractivity contribution in [2.45, 2.75) is 6.92 Å². The molecule has 0 saturated carbocycles. The maximum Gasteiger partial charge on any atom is 0.404 e. The minimum absolute atomic E-state index is 0.190. The summed E-state index contributed by atoms with van der Waals surface area (Å²) in [6.45, 7) is 2.06. The van der Waals surface area contributed by atoms with E-state index in [2.05, 4.69) is 10.5 Å². The smallest absolute Gasteiger partial charge is 0.404 e. The fourth-order valence-electron chi connectivity index (χ4n) is 0.998. The van der Waals surface area contributed by atoms with Crippen LogP contribution < -0.4 is 5.73 Å². The quantitative estimate of drug-likeness (QED) is 0.744. The highest BCUT2D eigenvalue weighted by Crippen LogP contribution is 2.07. The van der Waals surface area contributed by atoms with Crippen molar-refractivity contribution < 1.29 is 29.3 Å². The highest BCUT2D eigenvalue weighted by Gasteiger charge is 2.13. The highest BCUT2D eigenvalue weighted by molar-refractivity contribution is 6.01. The van der Waals surface area contributed by atoms with Gasteiger partial charge in [0.25, 0.3) is 0 Å². The predicted molar refractivity (Wildman–Crippen MR) is 61.6 cm³/mol. The molecule has 1 amide bonds. The molecule has 0 aliphatic carbocycles. The summed E-state index contributed by atoms with van der Waals surface area (Å²) in [6, 6.07) is 5.48. The van der Waals surface area contributed by atoms with Crippen LogP contribution >= 0.6 is 0 Å². The van der Waals surface area contributed by atoms with Gasteiger partial charge in [-0.3, -0.25) is 0 Å². The number of carboxylic acids is 2. The summed E-state index contributed by atoms with van der Waals surface area (Å²) in [5.41, 5.74) is 4.16. The van der Waals surface area contributed by atoms with Crippen LogP contribution in [0.1, 0.15) is 27.6 Å². The number of hydrogen-bond acceptors (Lipinski definition) is 4. The maximum absolute atomic E-state index is 10.5. The summed E-state index contributed by atoms with van der Waals surface area (Å²) in [7, 11) is 0. The first-order valence-electron chi connectivity index (χ1n) is 4.88. The standard InChI is InChI=1S/C8H6O4.C3H7NO2/c9-7(10)5-3-1-2-4-6(5)8(11)12;1-2-6-3(4)5/h1-4H,(H,9,10)(H,11,12);2H2,1H3,(H2,4,5). The molecule has 0 atom stereocenters. The predicted octanol–water partition coefficient (Wildman–Crippen LogP) is 1.18. The van der Waals surface area contributed by atoms with Crippen molar-refractivity contribution in [1.29, 1.82) is 0 Å². The zero-order valence-corrected chi connectivity index (χ0v) is 9.62. The third-order valence-electron chi connectivity index (χ3n) is 1.67. The van der Waals surface area contributed by atoms with Gasteiger partial charge in [0.15, 0.2) is 0 Å². The van der Waals surface area contributed by atoms with Gasteiger partial charge in [-0.2, -0.15) is 0 Å². The van der Waals surface area contributed by atoms with E-state index in [9.17, 15) is 14.4 Å². The molecule has 0 saturated heterocycles. The summed E-state index contributed by atoms with van der Waals surface area (Å²) in [6.07, 6.45) is -0.711. The van der Waals surface area contributed by atoms with Gasteiger partial charge in [0.05, 0.1) is 17.7 Å². The number of benzene rings is 1. The van der Waals surface area contributed by atoms with Crippen molar-refractivity contribution in [3.63, 3.8) is 0 Å². The zero-order valence-electron chi connectivity index (χ0n) is 9.62. The van der Waals surface area contributed by atoms with Crippen molar-refractivity contribution in [3.05, 3.63) is 35.4 Å². The van der Waals surface area contributed by atoms with Crippen molar-refractivity contribution in [1.82, 2.24) is 0 Å². The van der Waals surface area contributed by atoms with Gasteiger partial charge in [-0.05, 0) is 19.1 Å². The highest BCUT2D eigenvalue weighted by atomic mass is 16.5. The second kappa shape index (κ2) is 7.66. The van der Waals surface area contributed by atoms with E-state index >= 15 is 0 Å². The first-order chi connectivity index (χ1) is 8.40. The number of rotatable bonds is 3. The Bertz CT molecular complexity index is 410. The fourth-order valence-corrected chi connectivity index (χ4v) is 0.998. The lowest BCUT2D eigenvalue weighted by molar-refractivity contribution is 0.0651. The minimum Gasteiger partial charge on any atom is -0.478 e. The average Bonchev–Trinajstić information content (AvgIpc) is 2.29. The second-order valence-electron chi connectivity index (χ2n) is 2.91. The lowest BCUT2D eigenvalue weighted by atomic mass is 10.1. The number of ether oxygens (including phenoxy) is 1. The van der Waals surface area contributed by atoms with Gasteiger partial charge in [0, 0.05) is 0 Å². The fraction of sp³-hybridized carbons (Fsp3) is 0.182. The van der Waals surface area contributed by atoms with Crippen molar-refractivity contribution in [3.8, 4) is 0 Å². The average molecular weight is 255 g/mol. The number of carboxylic acid groups (broad SMARTS) is 2. The SMILES string of the molecule is CCOC(N)=O.O=C(O)c1ccccc1C(=O)O. The van der Waals surface area contributed by atoms with E-state index < -0.39 is 18.0 Å². The molecule has 0 unspecified atom stereocenters. The second-order valence-corrected chi connectivity index (χ2v) is 2.91. The Balaban J connectivity index is 0.000000411. The lowest BCUT2D eigenvalue weighted by Crippen LogP contribution is -2.11. The first kappa shape index (κ1) is 15.4. The summed E-state index contributed by atoms with van der Waals surface area (Å²) < 4.78 is 4.18. The number of hydrogen-bond donors (Lipinski definition) is 3. The summed E-state index contributed by atoms with van der Waals surface area (Å²) >= 11 is 0. The Hall–Kier alpha value is -2.57. The minimum atomic E-state index is -1.23. The molecular weight excluding hydrogens is 242 g/mol. The van der Waals surface area contributed by atoms with Gasteiger partial charge >= 0.3 is 18.0 Å². The summed E-state index contributed by atoms with van der Waals surface area (Å²) in [4.78, 5) is 30.5. The van der Waals surface area contributed by atoms with E-state index in [4.69, 9.17) is 10.2 Å². The molecule has 0 aromatic heterocycles. The van der Waals surface area contributed by atoms with Crippen LogP contribution in [-0.4, -0.2) is 34.9 Å². The Morgan fingerprint density at radius 2 is 1.50 bits per heavy atom. The van der Waals surface area contributed by atoms with Crippen LogP contribution in [-0.2, 0) is 4.74 Å². The van der Waals surface area contributed by atoms with Gasteiger partial charge in [-0.1, -0.05) is 12.1 Å². The van der Waals surface area contributed by atoms with Crippen LogP contribution in [0.25, 0.3) is 0 Å². The molecule has 18 heavy (non-hydrogen) atoms. The molecule has 1 aromatic carbocycles. The Morgan fingerprint density at radius 1 is 1.11 bits per heavy atom. The number of carbonyl (C=O) groups is 3. The van der Waals surface area contributed by atoms with E-state index in [0.717, 1.165) is 0 Å². The van der Waals surface area contributed by atoms with E-state index in [1.165, 1.54) is 24.3 Å². The topological polar surface area (TPSA) is 127 Å². The number of primary amides is 1. The molecule has 1 rings (SSSR count). The Kier molecular flexibility index (Phi) is 6.57. The van der Waals surface area contributed by atoms with Crippen LogP contribution in [0, 0.1) is 0 Å². The molecule has 0 aliphatic rings. The molecular formula is C11H13NO6. The van der Waals surface area contributed by atoms with E-state index in [0.29, 0.717) is 6.61 Å². The molecule has 0 radical (unpaired) electrons. The van der Waals surface area contributed by atoms with E-state index in [1.807, 2.05) is 0 Å². The molecule has 0 bridgehead atoms. The van der Waals surface area contributed by atoms with Gasteiger partial charge in [0.2, 0.25) is 0 Å². The number of aromatic carboxylic acids is 2. The van der Waals surface area contributed by atoms with E-state index in [1.54, 1.807) is 6.92 Å². The summed E-state index contributed by atoms with van der Waals surface area (Å²) in [5.74, 6) is -2.46. The van der Waals surface area contributed by atoms with Crippen LogP contribution in [0.15, 0.2) is 24.3 Å². The molecule has 1 aromatic rings. The van der Waals surface area contributed by atoms with Crippen LogP contribution in [0.2, 0.25) is 0 Å². The largest absolute Gasteiger partial charge is 0.478 e. The maximum atomic E-state index is 10.5. The number of nitrogens with two attached hydrogens (primary N) is 1. The monoisotopic (exact) mass is 255 g/mol. The van der Waals surface area contributed by atoms with Gasteiger partial charge in [-0.15, -0.1) is 0 Å². The molecule has 0 aliphatic heterocycles. The van der Waals surface area contributed by atoms with Crippen molar-refractivity contribution >= 4 is 18.0 Å². The molecule has 7 nitrogen and oxygen atoms in total. The van der Waals surface area contributed by atoms with Gasteiger partial charge in [0.1, 0.15) is 0 Å². The normalized spacial score (nSPS) is 8.72. The third kappa shape index (κ3) is 5.50. The molecule has 98 valence electrons. The lowest BCUT2D eigenvalue weighted by Gasteiger charge is -1.98. The number of amides is 1. The molecule has 0 spiro atoms. The van der Waals surface area contributed by atoms with Crippen LogP contribution in [0.4, 0.5) is 4.79 Å². The van der Waals surface area contributed by atoms with Crippen LogP contribution in [0.5, 0.6) is 0 Å². The first-order valence-corrected chi connectivity index (χ1v) is 4.88. The van der Waals surface area contributed by atoms with Gasteiger partial charge < -0.3 is 20.7 Å². The van der Waals surface area contributed by atoms with Gasteiger partial charge in [-0.25, -0.2) is 14.4 Å². The summed E-state index contributed by atoms with van der Waals surface area (Å²) in [5, 5.41) is 17.1. The van der Waals surface area contributed by atoms with Crippen molar-refractivity contribution in [2.75, 3.05) is 6.61 Å². The molecule has 0 heterocycles. The number of carbonyl (C=O) groups excluding carboxylic acids is 1. The molecule has 0 fully saturated rings. The Morgan fingerprint density at radius 3 is 1.67 bits per heavy atom. The van der Waals surface area contributed by atoms with Crippen LogP contribution in [0.3, 0.4) is 0 Å².